The number of benzene rings is 1. The van der Waals surface area contributed by atoms with Crippen molar-refractivity contribution in [2.45, 2.75) is 26.3 Å². The van der Waals surface area contributed by atoms with E-state index in [0.717, 1.165) is 37.3 Å². The predicted octanol–water partition coefficient (Wildman–Crippen LogP) is 1.66. The number of aliphatic hydroxyl groups excluding tert-OH is 1. The molecule has 0 atom stereocenters. The van der Waals surface area contributed by atoms with E-state index in [9.17, 15) is 5.11 Å². The van der Waals surface area contributed by atoms with Crippen LogP contribution in [-0.2, 0) is 17.7 Å². The highest BCUT2D eigenvalue weighted by atomic mass is 16.5. The summed E-state index contributed by atoms with van der Waals surface area (Å²) in [7, 11) is 0. The van der Waals surface area contributed by atoms with Gasteiger partial charge in [-0.15, -0.1) is 0 Å². The van der Waals surface area contributed by atoms with Crippen LogP contribution in [0.3, 0.4) is 0 Å². The van der Waals surface area contributed by atoms with Crippen LogP contribution in [0.2, 0.25) is 0 Å². The first-order chi connectivity index (χ1) is 12.8. The van der Waals surface area contributed by atoms with E-state index in [1.807, 2.05) is 23.1 Å². The Bertz CT molecular complexity index is 677. The van der Waals surface area contributed by atoms with Crippen molar-refractivity contribution in [2.75, 3.05) is 49.3 Å². The van der Waals surface area contributed by atoms with Gasteiger partial charge in [-0.05, 0) is 12.0 Å². The maximum Gasteiger partial charge on any atom is 0.230 e. The molecular weight excluding hydrogens is 330 g/mol. The standard InChI is InChI=1S/C19H27N5O2/c1-2-6-17-20-18(23-10-13-26-14-11-23)22-19(21-17)24(9-12-25)15-16-7-4-3-5-8-16/h3-5,7-8,25H,2,6,9-15H2,1H3. The Morgan fingerprint density at radius 3 is 2.58 bits per heavy atom. The Labute approximate surface area is 154 Å². The van der Waals surface area contributed by atoms with Crippen molar-refractivity contribution in [1.29, 1.82) is 0 Å². The van der Waals surface area contributed by atoms with Crippen LogP contribution in [0.15, 0.2) is 30.3 Å². The molecule has 0 radical (unpaired) electrons. The minimum absolute atomic E-state index is 0.0501. The second-order valence-corrected chi connectivity index (χ2v) is 6.33. The zero-order chi connectivity index (χ0) is 18.2. The Morgan fingerprint density at radius 2 is 1.88 bits per heavy atom. The van der Waals surface area contributed by atoms with Crippen molar-refractivity contribution in [3.05, 3.63) is 41.7 Å². The summed E-state index contributed by atoms with van der Waals surface area (Å²) in [6.07, 6.45) is 1.79. The third-order valence-corrected chi connectivity index (χ3v) is 4.29. The predicted molar refractivity (Wildman–Crippen MR) is 101 cm³/mol. The molecule has 7 heteroatoms. The van der Waals surface area contributed by atoms with Crippen molar-refractivity contribution in [3.8, 4) is 0 Å². The molecule has 1 N–H and O–H groups in total. The summed E-state index contributed by atoms with van der Waals surface area (Å²) < 4.78 is 5.44. The van der Waals surface area contributed by atoms with Crippen LogP contribution in [0, 0.1) is 0 Å². The van der Waals surface area contributed by atoms with E-state index in [2.05, 4.69) is 33.9 Å². The highest BCUT2D eigenvalue weighted by Gasteiger charge is 2.19. The average molecular weight is 357 g/mol. The first kappa shape index (κ1) is 18.5. The number of anilines is 2. The molecule has 0 aliphatic carbocycles. The molecule has 2 aromatic rings. The maximum atomic E-state index is 9.53. The number of aryl methyl sites for hydroxylation is 1. The summed E-state index contributed by atoms with van der Waals surface area (Å²) in [5.74, 6) is 2.13. The van der Waals surface area contributed by atoms with Gasteiger partial charge in [-0.1, -0.05) is 37.3 Å². The lowest BCUT2D eigenvalue weighted by atomic mass is 10.2. The number of hydrogen-bond donors (Lipinski definition) is 1. The van der Waals surface area contributed by atoms with Crippen LogP contribution in [0.25, 0.3) is 0 Å². The van der Waals surface area contributed by atoms with Gasteiger partial charge in [0.1, 0.15) is 5.82 Å². The zero-order valence-corrected chi connectivity index (χ0v) is 15.3. The molecule has 140 valence electrons. The fraction of sp³-hybridized carbons (Fsp3) is 0.526. The molecule has 26 heavy (non-hydrogen) atoms. The molecule has 3 rings (SSSR count). The summed E-state index contributed by atoms with van der Waals surface area (Å²) >= 11 is 0. The van der Waals surface area contributed by atoms with Gasteiger partial charge in [-0.25, -0.2) is 0 Å². The Balaban J connectivity index is 1.89. The molecule has 1 aliphatic rings. The second kappa shape index (κ2) is 9.45. The number of nitrogens with zero attached hydrogens (tertiary/aromatic N) is 5. The van der Waals surface area contributed by atoms with E-state index in [0.29, 0.717) is 38.2 Å². The van der Waals surface area contributed by atoms with Gasteiger partial charge in [-0.3, -0.25) is 0 Å². The molecule has 1 aromatic heterocycles. The van der Waals surface area contributed by atoms with Crippen molar-refractivity contribution in [1.82, 2.24) is 15.0 Å². The number of aliphatic hydroxyl groups is 1. The van der Waals surface area contributed by atoms with Gasteiger partial charge in [0.25, 0.3) is 0 Å². The molecule has 0 saturated carbocycles. The van der Waals surface area contributed by atoms with Gasteiger partial charge >= 0.3 is 0 Å². The molecule has 1 aromatic carbocycles. The summed E-state index contributed by atoms with van der Waals surface area (Å²) in [6.45, 7) is 6.25. The van der Waals surface area contributed by atoms with Crippen LogP contribution >= 0.6 is 0 Å². The van der Waals surface area contributed by atoms with E-state index < -0.39 is 0 Å². The Morgan fingerprint density at radius 1 is 1.12 bits per heavy atom. The first-order valence-corrected chi connectivity index (χ1v) is 9.27. The SMILES string of the molecule is CCCc1nc(N2CCOCC2)nc(N(CCO)Cc2ccccc2)n1. The molecule has 0 unspecified atom stereocenters. The maximum absolute atomic E-state index is 9.53. The molecular formula is C19H27N5O2. The normalized spacial score (nSPS) is 14.5. The summed E-state index contributed by atoms with van der Waals surface area (Å²) in [4.78, 5) is 18.2. The highest BCUT2D eigenvalue weighted by molar-refractivity contribution is 5.40. The molecule has 2 heterocycles. The van der Waals surface area contributed by atoms with Gasteiger partial charge < -0.3 is 19.6 Å². The van der Waals surface area contributed by atoms with Crippen LogP contribution in [0.4, 0.5) is 11.9 Å². The van der Waals surface area contributed by atoms with Crippen LogP contribution < -0.4 is 9.80 Å². The monoisotopic (exact) mass is 357 g/mol. The smallest absolute Gasteiger partial charge is 0.230 e. The van der Waals surface area contributed by atoms with Crippen LogP contribution in [-0.4, -0.2) is 59.5 Å². The quantitative estimate of drug-likeness (QED) is 0.770. The van der Waals surface area contributed by atoms with Crippen molar-refractivity contribution in [3.63, 3.8) is 0 Å². The number of ether oxygens (including phenoxy) is 1. The number of aromatic nitrogens is 3. The Kier molecular flexibility index (Phi) is 6.74. The van der Waals surface area contributed by atoms with Crippen LogP contribution in [0.5, 0.6) is 0 Å². The fourth-order valence-corrected chi connectivity index (χ4v) is 2.95. The van der Waals surface area contributed by atoms with E-state index in [1.54, 1.807) is 0 Å². The molecule has 0 bridgehead atoms. The number of rotatable bonds is 8. The number of morpholine rings is 1. The average Bonchev–Trinajstić information content (AvgIpc) is 2.69. The fourth-order valence-electron chi connectivity index (χ4n) is 2.95. The van der Waals surface area contributed by atoms with Crippen molar-refractivity contribution >= 4 is 11.9 Å². The van der Waals surface area contributed by atoms with Crippen molar-refractivity contribution < 1.29 is 9.84 Å². The summed E-state index contributed by atoms with van der Waals surface area (Å²) in [5, 5.41) is 9.53. The molecule has 0 amide bonds. The minimum atomic E-state index is 0.0501. The second-order valence-electron chi connectivity index (χ2n) is 6.33. The summed E-state index contributed by atoms with van der Waals surface area (Å²) in [5.41, 5.74) is 1.16. The van der Waals surface area contributed by atoms with Gasteiger partial charge in [0.2, 0.25) is 11.9 Å². The van der Waals surface area contributed by atoms with E-state index in [1.165, 1.54) is 0 Å². The molecule has 1 saturated heterocycles. The highest BCUT2D eigenvalue weighted by Crippen LogP contribution is 2.18. The van der Waals surface area contributed by atoms with Gasteiger partial charge in [-0.2, -0.15) is 15.0 Å². The van der Waals surface area contributed by atoms with E-state index in [-0.39, 0.29) is 6.61 Å². The van der Waals surface area contributed by atoms with Gasteiger partial charge in [0, 0.05) is 32.6 Å². The number of hydrogen-bond acceptors (Lipinski definition) is 7. The van der Waals surface area contributed by atoms with Gasteiger partial charge in [0.15, 0.2) is 0 Å². The van der Waals surface area contributed by atoms with Crippen LogP contribution in [0.1, 0.15) is 24.7 Å². The third kappa shape index (κ3) is 4.89. The van der Waals surface area contributed by atoms with Crippen molar-refractivity contribution in [2.24, 2.45) is 0 Å². The van der Waals surface area contributed by atoms with E-state index >= 15 is 0 Å². The third-order valence-electron chi connectivity index (χ3n) is 4.29. The molecule has 0 spiro atoms. The lowest BCUT2D eigenvalue weighted by Crippen LogP contribution is -2.38. The molecule has 1 fully saturated rings. The Hall–Kier alpha value is -2.25. The largest absolute Gasteiger partial charge is 0.395 e. The topological polar surface area (TPSA) is 74.6 Å². The summed E-state index contributed by atoms with van der Waals surface area (Å²) in [6, 6.07) is 10.2. The zero-order valence-electron chi connectivity index (χ0n) is 15.3. The minimum Gasteiger partial charge on any atom is -0.395 e. The lowest BCUT2D eigenvalue weighted by Gasteiger charge is -2.28. The lowest BCUT2D eigenvalue weighted by molar-refractivity contribution is 0.122. The van der Waals surface area contributed by atoms with Gasteiger partial charge in [0.05, 0.1) is 19.8 Å². The molecule has 1 aliphatic heterocycles. The van der Waals surface area contributed by atoms with E-state index in [4.69, 9.17) is 9.72 Å². The first-order valence-electron chi connectivity index (χ1n) is 9.27. The molecule has 7 nitrogen and oxygen atoms in total.